The Balaban J connectivity index is 2.21. The van der Waals surface area contributed by atoms with Gasteiger partial charge in [0.1, 0.15) is 4.90 Å². The molecule has 1 aromatic rings. The molecule has 6 heteroatoms. The van der Waals surface area contributed by atoms with Crippen molar-refractivity contribution in [2.75, 3.05) is 13.1 Å². The van der Waals surface area contributed by atoms with E-state index in [2.05, 4.69) is 10.0 Å². The molecule has 1 aromatic carbocycles. The lowest BCUT2D eigenvalue weighted by atomic mass is 10.3. The van der Waals surface area contributed by atoms with Crippen molar-refractivity contribution in [1.29, 1.82) is 0 Å². The quantitative estimate of drug-likeness (QED) is 0.852. The Labute approximate surface area is 100 Å². The van der Waals surface area contributed by atoms with Crippen molar-refractivity contribution in [3.05, 3.63) is 29.3 Å². The van der Waals surface area contributed by atoms with Gasteiger partial charge in [-0.3, -0.25) is 0 Å². The lowest BCUT2D eigenvalue weighted by Crippen LogP contribution is -2.36. The summed E-state index contributed by atoms with van der Waals surface area (Å²) in [6.07, 6.45) is 0.809. The third-order valence-electron chi connectivity index (χ3n) is 2.51. The number of nitrogens with one attached hydrogen (secondary N) is 2. The normalized spacial score (nSPS) is 21.2. The maximum Gasteiger partial charge on any atom is 0.242 e. The summed E-state index contributed by atoms with van der Waals surface area (Å²) in [6, 6.07) is 6.41. The van der Waals surface area contributed by atoms with Gasteiger partial charge in [-0.1, -0.05) is 23.7 Å². The largest absolute Gasteiger partial charge is 0.315 e. The summed E-state index contributed by atoms with van der Waals surface area (Å²) in [5, 5.41) is 3.35. The summed E-state index contributed by atoms with van der Waals surface area (Å²) < 4.78 is 26.6. The Hall–Kier alpha value is -0.620. The lowest BCUT2D eigenvalue weighted by Gasteiger charge is -2.12. The molecule has 16 heavy (non-hydrogen) atoms. The zero-order valence-corrected chi connectivity index (χ0v) is 10.2. The molecule has 1 unspecified atom stereocenters. The summed E-state index contributed by atoms with van der Waals surface area (Å²) in [5.41, 5.74) is 0. The van der Waals surface area contributed by atoms with Crippen LogP contribution in [0.5, 0.6) is 0 Å². The van der Waals surface area contributed by atoms with Gasteiger partial charge in [0.15, 0.2) is 0 Å². The molecule has 4 nitrogen and oxygen atoms in total. The maximum absolute atomic E-state index is 12.0. The van der Waals surface area contributed by atoms with E-state index >= 15 is 0 Å². The molecule has 0 aromatic heterocycles. The first kappa shape index (κ1) is 11.9. The standard InChI is InChI=1S/C10H13ClN2O2S/c11-9-3-1-2-4-10(9)16(14,15)13-8-5-6-12-7-8/h1-4,8,12-13H,5-7H2. The highest BCUT2D eigenvalue weighted by Gasteiger charge is 2.23. The summed E-state index contributed by atoms with van der Waals surface area (Å²) in [6.45, 7) is 1.51. The Morgan fingerprint density at radius 3 is 2.75 bits per heavy atom. The van der Waals surface area contributed by atoms with E-state index in [4.69, 9.17) is 11.6 Å². The molecular weight excluding hydrogens is 248 g/mol. The predicted molar refractivity (Wildman–Crippen MR) is 63.0 cm³/mol. The molecule has 2 rings (SSSR count). The van der Waals surface area contributed by atoms with Gasteiger partial charge in [-0.2, -0.15) is 0 Å². The molecule has 1 aliphatic rings. The minimum absolute atomic E-state index is 0.0405. The highest BCUT2D eigenvalue weighted by molar-refractivity contribution is 7.89. The van der Waals surface area contributed by atoms with E-state index in [-0.39, 0.29) is 16.0 Å². The third-order valence-corrected chi connectivity index (χ3v) is 4.53. The predicted octanol–water partition coefficient (Wildman–Crippen LogP) is 0.980. The van der Waals surface area contributed by atoms with Crippen molar-refractivity contribution < 1.29 is 8.42 Å². The van der Waals surface area contributed by atoms with E-state index in [1.165, 1.54) is 6.07 Å². The van der Waals surface area contributed by atoms with Crippen LogP contribution >= 0.6 is 11.6 Å². The van der Waals surface area contributed by atoms with Crippen molar-refractivity contribution in [3.63, 3.8) is 0 Å². The van der Waals surface area contributed by atoms with Crippen LogP contribution in [0.15, 0.2) is 29.2 Å². The molecule has 1 atom stereocenters. The Bertz CT molecular complexity index is 469. The number of halogens is 1. The highest BCUT2D eigenvalue weighted by atomic mass is 35.5. The van der Waals surface area contributed by atoms with Crippen LogP contribution in [0.25, 0.3) is 0 Å². The summed E-state index contributed by atoms with van der Waals surface area (Å²) in [5.74, 6) is 0. The van der Waals surface area contributed by atoms with Gasteiger partial charge in [-0.05, 0) is 25.1 Å². The molecule has 0 aliphatic carbocycles. The number of sulfonamides is 1. The average molecular weight is 261 g/mol. The maximum atomic E-state index is 12.0. The first-order valence-electron chi connectivity index (χ1n) is 5.07. The van der Waals surface area contributed by atoms with Crippen molar-refractivity contribution in [1.82, 2.24) is 10.0 Å². The van der Waals surface area contributed by atoms with Crippen LogP contribution in [0.2, 0.25) is 5.02 Å². The number of hydrogen-bond donors (Lipinski definition) is 2. The Morgan fingerprint density at radius 2 is 2.12 bits per heavy atom. The Morgan fingerprint density at radius 1 is 1.38 bits per heavy atom. The highest BCUT2D eigenvalue weighted by Crippen LogP contribution is 2.20. The van der Waals surface area contributed by atoms with Crippen molar-refractivity contribution >= 4 is 21.6 Å². The van der Waals surface area contributed by atoms with Crippen LogP contribution in [0.3, 0.4) is 0 Å². The zero-order valence-electron chi connectivity index (χ0n) is 8.61. The summed E-state index contributed by atoms with van der Waals surface area (Å²) >= 11 is 5.86. The van der Waals surface area contributed by atoms with Gasteiger partial charge in [0.05, 0.1) is 5.02 Å². The number of hydrogen-bond acceptors (Lipinski definition) is 3. The molecule has 1 saturated heterocycles. The molecule has 0 radical (unpaired) electrons. The van der Waals surface area contributed by atoms with Crippen molar-refractivity contribution in [3.8, 4) is 0 Å². The van der Waals surface area contributed by atoms with E-state index < -0.39 is 10.0 Å². The molecule has 1 fully saturated rings. The first-order valence-corrected chi connectivity index (χ1v) is 6.93. The van der Waals surface area contributed by atoms with Crippen molar-refractivity contribution in [2.24, 2.45) is 0 Å². The zero-order chi connectivity index (χ0) is 11.6. The van der Waals surface area contributed by atoms with Gasteiger partial charge < -0.3 is 5.32 Å². The molecule has 0 saturated carbocycles. The third kappa shape index (κ3) is 2.55. The molecular formula is C10H13ClN2O2S. The van der Waals surface area contributed by atoms with E-state index in [0.717, 1.165) is 13.0 Å². The minimum Gasteiger partial charge on any atom is -0.315 e. The SMILES string of the molecule is O=S(=O)(NC1CCNC1)c1ccccc1Cl. The lowest BCUT2D eigenvalue weighted by molar-refractivity contribution is 0.560. The van der Waals surface area contributed by atoms with Crippen LogP contribution in [-0.4, -0.2) is 27.5 Å². The topological polar surface area (TPSA) is 58.2 Å². The summed E-state index contributed by atoms with van der Waals surface area (Å²) in [7, 11) is -3.50. The molecule has 1 heterocycles. The Kier molecular flexibility index (Phi) is 3.49. The monoisotopic (exact) mass is 260 g/mol. The van der Waals surface area contributed by atoms with Gasteiger partial charge in [-0.15, -0.1) is 0 Å². The fourth-order valence-electron chi connectivity index (χ4n) is 1.70. The van der Waals surface area contributed by atoms with Crippen molar-refractivity contribution in [2.45, 2.75) is 17.4 Å². The molecule has 88 valence electrons. The molecule has 2 N–H and O–H groups in total. The fourth-order valence-corrected chi connectivity index (χ4v) is 3.49. The van der Waals surface area contributed by atoms with Gasteiger partial charge in [-0.25, -0.2) is 13.1 Å². The fraction of sp³-hybridized carbons (Fsp3) is 0.400. The van der Waals surface area contributed by atoms with Gasteiger partial charge >= 0.3 is 0 Å². The number of rotatable bonds is 3. The second-order valence-electron chi connectivity index (χ2n) is 3.74. The smallest absolute Gasteiger partial charge is 0.242 e. The molecule has 0 amide bonds. The first-order chi connectivity index (χ1) is 7.59. The molecule has 0 bridgehead atoms. The minimum atomic E-state index is -3.50. The second-order valence-corrected chi connectivity index (χ2v) is 5.83. The average Bonchev–Trinajstić information content (AvgIpc) is 2.70. The van der Waals surface area contributed by atoms with Crippen LogP contribution in [0, 0.1) is 0 Å². The van der Waals surface area contributed by atoms with Gasteiger partial charge in [0.2, 0.25) is 10.0 Å². The van der Waals surface area contributed by atoms with E-state index in [0.29, 0.717) is 6.54 Å². The summed E-state index contributed by atoms with van der Waals surface area (Å²) in [4.78, 5) is 0.142. The number of benzene rings is 1. The van der Waals surface area contributed by atoms with Crippen LogP contribution < -0.4 is 10.0 Å². The van der Waals surface area contributed by atoms with E-state index in [9.17, 15) is 8.42 Å². The van der Waals surface area contributed by atoms with E-state index in [1.54, 1.807) is 18.2 Å². The molecule has 0 spiro atoms. The van der Waals surface area contributed by atoms with Crippen LogP contribution in [0.4, 0.5) is 0 Å². The van der Waals surface area contributed by atoms with Crippen LogP contribution in [-0.2, 0) is 10.0 Å². The van der Waals surface area contributed by atoms with E-state index in [1.807, 2.05) is 0 Å². The second kappa shape index (κ2) is 4.71. The van der Waals surface area contributed by atoms with Crippen LogP contribution in [0.1, 0.15) is 6.42 Å². The van der Waals surface area contributed by atoms with Gasteiger partial charge in [0.25, 0.3) is 0 Å². The molecule has 1 aliphatic heterocycles. The van der Waals surface area contributed by atoms with Gasteiger partial charge in [0, 0.05) is 12.6 Å².